The van der Waals surface area contributed by atoms with E-state index in [1.807, 2.05) is 23.1 Å². The van der Waals surface area contributed by atoms with E-state index in [2.05, 4.69) is 10.1 Å². The predicted molar refractivity (Wildman–Crippen MR) is 101 cm³/mol. The van der Waals surface area contributed by atoms with Crippen molar-refractivity contribution in [1.29, 1.82) is 0 Å². The summed E-state index contributed by atoms with van der Waals surface area (Å²) in [6.07, 6.45) is -4.76. The van der Waals surface area contributed by atoms with Crippen molar-refractivity contribution in [3.05, 3.63) is 60.2 Å². The maximum absolute atomic E-state index is 12.4. The Kier molecular flexibility index (Phi) is 6.38. The first kappa shape index (κ1) is 20.7. The molecule has 0 spiro atoms. The quantitative estimate of drug-likeness (QED) is 0.828. The summed E-state index contributed by atoms with van der Waals surface area (Å²) in [5.41, 5.74) is 1.01. The van der Waals surface area contributed by atoms with Gasteiger partial charge in [-0.05, 0) is 36.4 Å². The molecule has 6 nitrogen and oxygen atoms in total. The smallest absolute Gasteiger partial charge is 0.406 e. The van der Waals surface area contributed by atoms with E-state index in [0.717, 1.165) is 12.1 Å². The van der Waals surface area contributed by atoms with Crippen LogP contribution in [0.4, 0.5) is 18.9 Å². The molecule has 154 valence electrons. The summed E-state index contributed by atoms with van der Waals surface area (Å²) in [7, 11) is 0. The Hall–Kier alpha value is -3.07. The molecule has 1 fully saturated rings. The number of benzene rings is 2. The Labute approximate surface area is 165 Å². The fourth-order valence-electron chi connectivity index (χ4n) is 3.02. The summed E-state index contributed by atoms with van der Waals surface area (Å²) in [5, 5.41) is 2.64. The maximum atomic E-state index is 12.4. The fraction of sp³-hybridized carbons (Fsp3) is 0.300. The highest BCUT2D eigenvalue weighted by atomic mass is 19.4. The SMILES string of the molecule is O=C(CN1CCN(C(=O)c2ccccc2)CC1)Nc1ccc(OC(F)(F)F)cc1. The molecule has 0 atom stereocenters. The molecule has 1 aliphatic heterocycles. The molecule has 1 N–H and O–H groups in total. The Morgan fingerprint density at radius 1 is 0.931 bits per heavy atom. The van der Waals surface area contributed by atoms with Crippen molar-refractivity contribution in [3.63, 3.8) is 0 Å². The van der Waals surface area contributed by atoms with Crippen molar-refractivity contribution in [3.8, 4) is 5.75 Å². The van der Waals surface area contributed by atoms with Crippen LogP contribution in [0.1, 0.15) is 10.4 Å². The third-order valence-electron chi connectivity index (χ3n) is 4.42. The van der Waals surface area contributed by atoms with Crippen LogP contribution in [-0.4, -0.2) is 60.7 Å². The van der Waals surface area contributed by atoms with Crippen molar-refractivity contribution >= 4 is 17.5 Å². The molecule has 2 aromatic carbocycles. The van der Waals surface area contributed by atoms with Gasteiger partial charge in [-0.2, -0.15) is 0 Å². The monoisotopic (exact) mass is 407 g/mol. The van der Waals surface area contributed by atoms with Crippen LogP contribution >= 0.6 is 0 Å². The van der Waals surface area contributed by atoms with Gasteiger partial charge in [-0.15, -0.1) is 13.2 Å². The van der Waals surface area contributed by atoms with E-state index in [4.69, 9.17) is 0 Å². The lowest BCUT2D eigenvalue weighted by molar-refractivity contribution is -0.274. The molecule has 29 heavy (non-hydrogen) atoms. The summed E-state index contributed by atoms with van der Waals surface area (Å²) in [6, 6.07) is 14.0. The number of carbonyl (C=O) groups excluding carboxylic acids is 2. The highest BCUT2D eigenvalue weighted by Crippen LogP contribution is 2.24. The van der Waals surface area contributed by atoms with Crippen molar-refractivity contribution < 1.29 is 27.5 Å². The zero-order valence-electron chi connectivity index (χ0n) is 15.5. The Bertz CT molecular complexity index is 834. The number of alkyl halides is 3. The molecular formula is C20H20F3N3O3. The number of halogens is 3. The molecule has 0 aromatic heterocycles. The van der Waals surface area contributed by atoms with E-state index >= 15 is 0 Å². The van der Waals surface area contributed by atoms with E-state index in [0.29, 0.717) is 37.4 Å². The van der Waals surface area contributed by atoms with Crippen LogP contribution in [0.25, 0.3) is 0 Å². The van der Waals surface area contributed by atoms with Gasteiger partial charge in [0.25, 0.3) is 5.91 Å². The number of rotatable bonds is 5. The van der Waals surface area contributed by atoms with Gasteiger partial charge in [-0.25, -0.2) is 0 Å². The van der Waals surface area contributed by atoms with Gasteiger partial charge >= 0.3 is 6.36 Å². The summed E-state index contributed by atoms with van der Waals surface area (Å²) in [6.45, 7) is 2.29. The molecule has 0 unspecified atom stereocenters. The van der Waals surface area contributed by atoms with Crippen LogP contribution in [0.15, 0.2) is 54.6 Å². The zero-order valence-corrected chi connectivity index (χ0v) is 15.5. The minimum absolute atomic E-state index is 0.0316. The molecule has 3 rings (SSSR count). The van der Waals surface area contributed by atoms with Gasteiger partial charge in [0.2, 0.25) is 5.91 Å². The lowest BCUT2D eigenvalue weighted by atomic mass is 10.2. The first-order valence-electron chi connectivity index (χ1n) is 9.02. The third-order valence-corrected chi connectivity index (χ3v) is 4.42. The lowest BCUT2D eigenvalue weighted by Crippen LogP contribution is -2.50. The summed E-state index contributed by atoms with van der Waals surface area (Å²) in [4.78, 5) is 28.3. The van der Waals surface area contributed by atoms with Crippen molar-refractivity contribution in [2.45, 2.75) is 6.36 Å². The zero-order chi connectivity index (χ0) is 20.9. The standard InChI is InChI=1S/C20H20F3N3O3/c21-20(22,23)29-17-8-6-16(7-9-17)24-18(27)14-25-10-12-26(13-11-25)19(28)15-4-2-1-3-5-15/h1-9H,10-14H2,(H,24,27). The molecular weight excluding hydrogens is 387 g/mol. The second kappa shape index (κ2) is 8.95. The van der Waals surface area contributed by atoms with E-state index in [-0.39, 0.29) is 24.1 Å². The number of nitrogens with zero attached hydrogens (tertiary/aromatic N) is 2. The molecule has 0 radical (unpaired) electrons. The van der Waals surface area contributed by atoms with E-state index in [1.165, 1.54) is 12.1 Å². The van der Waals surface area contributed by atoms with Gasteiger partial charge in [0.05, 0.1) is 6.54 Å². The Morgan fingerprint density at radius 3 is 2.14 bits per heavy atom. The summed E-state index contributed by atoms with van der Waals surface area (Å²) in [5.74, 6) is -0.664. The van der Waals surface area contributed by atoms with Crippen LogP contribution < -0.4 is 10.1 Å². The van der Waals surface area contributed by atoms with Crippen LogP contribution in [0.3, 0.4) is 0 Å². The third kappa shape index (κ3) is 6.21. The highest BCUT2D eigenvalue weighted by Gasteiger charge is 2.31. The maximum Gasteiger partial charge on any atom is 0.573 e. The molecule has 0 saturated carbocycles. The minimum Gasteiger partial charge on any atom is -0.406 e. The Balaban J connectivity index is 1.44. The highest BCUT2D eigenvalue weighted by molar-refractivity contribution is 5.94. The van der Waals surface area contributed by atoms with Crippen LogP contribution in [0.2, 0.25) is 0 Å². The average Bonchev–Trinajstić information content (AvgIpc) is 2.69. The van der Waals surface area contributed by atoms with Crippen LogP contribution in [0.5, 0.6) is 5.75 Å². The predicted octanol–water partition coefficient (Wildman–Crippen LogP) is 2.98. The summed E-state index contributed by atoms with van der Waals surface area (Å²) >= 11 is 0. The number of carbonyl (C=O) groups is 2. The van der Waals surface area contributed by atoms with Gasteiger partial charge in [-0.3, -0.25) is 14.5 Å². The van der Waals surface area contributed by atoms with E-state index < -0.39 is 6.36 Å². The molecule has 1 saturated heterocycles. The molecule has 2 aromatic rings. The number of piperazine rings is 1. The van der Waals surface area contributed by atoms with Gasteiger partial charge < -0.3 is 15.0 Å². The number of hydrogen-bond donors (Lipinski definition) is 1. The van der Waals surface area contributed by atoms with Crippen LogP contribution in [0, 0.1) is 0 Å². The molecule has 1 heterocycles. The summed E-state index contributed by atoms with van der Waals surface area (Å²) < 4.78 is 40.3. The molecule has 9 heteroatoms. The fourth-order valence-corrected chi connectivity index (χ4v) is 3.02. The van der Waals surface area contributed by atoms with Crippen molar-refractivity contribution in [2.24, 2.45) is 0 Å². The molecule has 0 aliphatic carbocycles. The largest absolute Gasteiger partial charge is 0.573 e. The Morgan fingerprint density at radius 2 is 1.55 bits per heavy atom. The normalized spacial score (nSPS) is 15.1. The van der Waals surface area contributed by atoms with Crippen molar-refractivity contribution in [2.75, 3.05) is 38.0 Å². The van der Waals surface area contributed by atoms with E-state index in [9.17, 15) is 22.8 Å². The average molecular weight is 407 g/mol. The number of nitrogens with one attached hydrogen (secondary N) is 1. The molecule has 2 amide bonds. The number of ether oxygens (including phenoxy) is 1. The molecule has 1 aliphatic rings. The second-order valence-electron chi connectivity index (χ2n) is 6.55. The topological polar surface area (TPSA) is 61.9 Å². The first-order chi connectivity index (χ1) is 13.8. The number of amides is 2. The van der Waals surface area contributed by atoms with Gasteiger partial charge in [-0.1, -0.05) is 18.2 Å². The number of hydrogen-bond acceptors (Lipinski definition) is 4. The van der Waals surface area contributed by atoms with Gasteiger partial charge in [0.1, 0.15) is 5.75 Å². The minimum atomic E-state index is -4.76. The number of anilines is 1. The van der Waals surface area contributed by atoms with E-state index in [1.54, 1.807) is 17.0 Å². The van der Waals surface area contributed by atoms with Crippen molar-refractivity contribution in [1.82, 2.24) is 9.80 Å². The first-order valence-corrected chi connectivity index (χ1v) is 9.02. The van der Waals surface area contributed by atoms with Gasteiger partial charge in [0, 0.05) is 37.4 Å². The van der Waals surface area contributed by atoms with Gasteiger partial charge in [0.15, 0.2) is 0 Å². The molecule has 0 bridgehead atoms. The second-order valence-corrected chi connectivity index (χ2v) is 6.55. The lowest BCUT2D eigenvalue weighted by Gasteiger charge is -2.34. The van der Waals surface area contributed by atoms with Crippen LogP contribution in [-0.2, 0) is 4.79 Å².